The highest BCUT2D eigenvalue weighted by Gasteiger charge is 2.52. The molecular formula is C6H12N3O6P2+. The van der Waals surface area contributed by atoms with Crippen molar-refractivity contribution in [2.45, 2.75) is 6.92 Å². The van der Waals surface area contributed by atoms with Crippen LogP contribution in [0.3, 0.4) is 0 Å². The Hall–Kier alpha value is -0.660. The van der Waals surface area contributed by atoms with Gasteiger partial charge in [-0.15, -0.1) is 0 Å². The van der Waals surface area contributed by atoms with E-state index in [-0.39, 0.29) is 5.95 Å². The Kier molecular flexibility index (Phi) is 3.85. The van der Waals surface area contributed by atoms with Crippen molar-refractivity contribution in [3.05, 3.63) is 11.9 Å². The first-order chi connectivity index (χ1) is 7.53. The molecule has 9 nitrogen and oxygen atoms in total. The Morgan fingerprint density at radius 2 is 2.00 bits per heavy atom. The number of aryl methyl sites for hydroxylation is 1. The van der Waals surface area contributed by atoms with Crippen LogP contribution in [0.1, 0.15) is 5.69 Å². The lowest BCUT2D eigenvalue weighted by atomic mass is 10.5. The van der Waals surface area contributed by atoms with Crippen LogP contribution >= 0.6 is 15.5 Å². The maximum atomic E-state index is 11.0. The third kappa shape index (κ3) is 3.40. The lowest BCUT2D eigenvalue weighted by Gasteiger charge is -2.07. The van der Waals surface area contributed by atoms with Crippen LogP contribution in [-0.2, 0) is 11.6 Å². The van der Waals surface area contributed by atoms with E-state index >= 15 is 0 Å². The maximum absolute atomic E-state index is 11.0. The van der Waals surface area contributed by atoms with Gasteiger partial charge in [0.2, 0.25) is 5.95 Å². The van der Waals surface area contributed by atoms with Gasteiger partial charge in [-0.3, -0.25) is 0 Å². The van der Waals surface area contributed by atoms with Crippen molar-refractivity contribution in [2.24, 2.45) is 12.0 Å². The van der Waals surface area contributed by atoms with Gasteiger partial charge in [-0.25, -0.2) is 9.55 Å². The maximum Gasteiger partial charge on any atom is 0.469 e. The van der Waals surface area contributed by atoms with Crippen molar-refractivity contribution < 1.29 is 29.0 Å². The monoisotopic (exact) mass is 284 g/mol. The van der Waals surface area contributed by atoms with Crippen LogP contribution in [0.25, 0.3) is 0 Å². The fourth-order valence-corrected chi connectivity index (χ4v) is 2.82. The zero-order valence-electron chi connectivity index (χ0n) is 8.96. The highest BCUT2D eigenvalue weighted by molar-refractivity contribution is 8.00. The van der Waals surface area contributed by atoms with E-state index in [1.54, 1.807) is 6.92 Å². The third-order valence-electron chi connectivity index (χ3n) is 1.92. The number of imidazole rings is 1. The largest absolute Gasteiger partial charge is 0.469 e. The average Bonchev–Trinajstić information content (AvgIpc) is 2.40. The van der Waals surface area contributed by atoms with Gasteiger partial charge in [0, 0.05) is 12.7 Å². The van der Waals surface area contributed by atoms with Crippen LogP contribution in [-0.4, -0.2) is 39.2 Å². The van der Waals surface area contributed by atoms with Crippen LogP contribution in [0.2, 0.25) is 0 Å². The van der Waals surface area contributed by atoms with Crippen LogP contribution < -0.4 is 0 Å². The summed E-state index contributed by atoms with van der Waals surface area (Å²) in [5.74, 6) is -0.151. The molecule has 0 amide bonds. The quantitative estimate of drug-likeness (QED) is 0.375. The Balaban J connectivity index is 3.35. The molecule has 0 fully saturated rings. The molecule has 1 heterocycles. The Bertz CT molecular complexity index is 498. The second kappa shape index (κ2) is 4.55. The molecule has 1 aromatic rings. The molecule has 0 aliphatic rings. The topological polar surface area (TPSA) is 148 Å². The van der Waals surface area contributed by atoms with E-state index in [9.17, 15) is 4.57 Å². The number of hydrogen-bond acceptors (Lipinski definition) is 6. The fourth-order valence-electron chi connectivity index (χ4n) is 0.982. The van der Waals surface area contributed by atoms with E-state index in [2.05, 4.69) is 9.98 Å². The molecule has 17 heavy (non-hydrogen) atoms. The van der Waals surface area contributed by atoms with Crippen LogP contribution in [0.4, 0.5) is 5.95 Å². The van der Waals surface area contributed by atoms with Gasteiger partial charge in [-0.2, -0.15) is 19.7 Å². The molecule has 0 radical (unpaired) electrons. The molecule has 96 valence electrons. The van der Waals surface area contributed by atoms with Crippen molar-refractivity contribution in [1.82, 2.24) is 9.55 Å². The Morgan fingerprint density at radius 3 is 2.29 bits per heavy atom. The molecule has 1 aromatic heterocycles. The molecule has 0 spiro atoms. The van der Waals surface area contributed by atoms with Gasteiger partial charge in [0.1, 0.15) is 0 Å². The minimum atomic E-state index is -5.08. The summed E-state index contributed by atoms with van der Waals surface area (Å²) in [6.45, 7) is 1.67. The van der Waals surface area contributed by atoms with Gasteiger partial charge >= 0.3 is 20.7 Å². The number of aliphatic imine (C=N–C) groups is 1. The predicted molar refractivity (Wildman–Crippen MR) is 60.7 cm³/mol. The molecule has 0 saturated heterocycles. The number of nitrogens with zero attached hydrogens (tertiary/aromatic N) is 3. The molecule has 0 unspecified atom stereocenters. The first-order valence-electron chi connectivity index (χ1n) is 4.24. The first kappa shape index (κ1) is 14.4. The first-order valence-corrected chi connectivity index (χ1v) is 7.50. The minimum absolute atomic E-state index is 0.151. The van der Waals surface area contributed by atoms with Gasteiger partial charge in [-0.1, -0.05) is 0 Å². The van der Waals surface area contributed by atoms with Crippen LogP contribution in [0, 0.1) is 6.92 Å². The molecule has 1 rings (SSSR count). The van der Waals surface area contributed by atoms with Crippen LogP contribution in [0.5, 0.6) is 0 Å². The summed E-state index contributed by atoms with van der Waals surface area (Å²) >= 11 is 0. The number of hydrogen-bond donors (Lipinski definition) is 5. The summed E-state index contributed by atoms with van der Waals surface area (Å²) in [6.07, 6.45) is 1.38. The van der Waals surface area contributed by atoms with Gasteiger partial charge in [-0.05, 0) is 6.92 Å². The molecule has 0 bridgehead atoms. The highest BCUT2D eigenvalue weighted by Crippen LogP contribution is 2.60. The van der Waals surface area contributed by atoms with Crippen molar-refractivity contribution >= 4 is 26.7 Å². The van der Waals surface area contributed by atoms with Gasteiger partial charge in [0.15, 0.2) is 0 Å². The van der Waals surface area contributed by atoms with E-state index in [0.29, 0.717) is 5.69 Å². The van der Waals surface area contributed by atoms with Crippen LogP contribution in [0.15, 0.2) is 11.2 Å². The van der Waals surface area contributed by atoms with Gasteiger partial charge < -0.3 is 14.4 Å². The summed E-state index contributed by atoms with van der Waals surface area (Å²) in [7, 11) is -8.45. The Labute approximate surface area is 96.8 Å². The Morgan fingerprint density at radius 1 is 1.47 bits per heavy atom. The van der Waals surface area contributed by atoms with E-state index < -0.39 is 20.7 Å². The van der Waals surface area contributed by atoms with E-state index in [4.69, 9.17) is 24.5 Å². The highest BCUT2D eigenvalue weighted by atomic mass is 31.3. The number of rotatable bonds is 3. The molecule has 0 aromatic carbocycles. The van der Waals surface area contributed by atoms with Crippen molar-refractivity contribution in [1.29, 1.82) is 0 Å². The zero-order valence-corrected chi connectivity index (χ0v) is 10.7. The molecule has 5 N–H and O–H groups in total. The van der Waals surface area contributed by atoms with Crippen molar-refractivity contribution in [3.63, 3.8) is 0 Å². The van der Waals surface area contributed by atoms with E-state index in [0.717, 1.165) is 0 Å². The lowest BCUT2D eigenvalue weighted by Crippen LogP contribution is -2.06. The van der Waals surface area contributed by atoms with E-state index in [1.165, 1.54) is 17.8 Å². The molecule has 11 heteroatoms. The summed E-state index contributed by atoms with van der Waals surface area (Å²) in [5.41, 5.74) is 0.645. The van der Waals surface area contributed by atoms with E-state index in [1.807, 2.05) is 0 Å². The average molecular weight is 284 g/mol. The van der Waals surface area contributed by atoms with Crippen molar-refractivity contribution in [3.8, 4) is 0 Å². The van der Waals surface area contributed by atoms with Crippen molar-refractivity contribution in [2.75, 3.05) is 0 Å². The van der Waals surface area contributed by atoms with Gasteiger partial charge in [0.05, 0.1) is 6.20 Å². The normalized spacial score (nSPS) is 14.2. The molecule has 0 aliphatic carbocycles. The zero-order chi connectivity index (χ0) is 13.4. The number of aromatic nitrogens is 2. The molecule has 0 aliphatic heterocycles. The smallest absolute Gasteiger partial charge is 0.317 e. The SMILES string of the molecule is Cc1cnc(N=C(P(=O)(O)O)[P+](O)(O)O)n1C. The molecular weight excluding hydrogens is 272 g/mol. The standard InChI is InChI=1S/C6H11N3O6P2/c1-4-3-7-5(9(4)2)8-6(16(10,11)12)17(13,14)15/h3,10-12H,1-2H3,(H-,13,14,15)/p+1. The predicted octanol–water partition coefficient (Wildman–Crippen LogP) is -0.367. The summed E-state index contributed by atoms with van der Waals surface area (Å²) < 4.78 is 12.3. The summed E-state index contributed by atoms with van der Waals surface area (Å²) in [4.78, 5) is 51.6. The summed E-state index contributed by atoms with van der Waals surface area (Å²) in [6, 6.07) is 0. The minimum Gasteiger partial charge on any atom is -0.317 e. The molecule has 0 atom stereocenters. The second-order valence-corrected chi connectivity index (χ2v) is 6.71. The lowest BCUT2D eigenvalue weighted by molar-refractivity contribution is 0.349. The second-order valence-electron chi connectivity index (χ2n) is 3.28. The fraction of sp³-hybridized carbons (Fsp3) is 0.333. The summed E-state index contributed by atoms with van der Waals surface area (Å²) in [5, 5.41) is -1.38. The van der Waals surface area contributed by atoms with Gasteiger partial charge in [0.25, 0.3) is 0 Å². The third-order valence-corrected chi connectivity index (χ3v) is 4.77. The molecule has 0 saturated carbocycles.